The molecule has 0 heterocycles. The van der Waals surface area contributed by atoms with Crippen LogP contribution in [0.25, 0.3) is 0 Å². The SMILES string of the molecule is CCCCOc1cccc(CONC(=O)C2CCC(NS(=O)(=O)C(C)C)CC2)c1. The first-order chi connectivity index (χ1) is 13.8. The van der Waals surface area contributed by atoms with E-state index in [1.165, 1.54) is 0 Å². The Hall–Kier alpha value is -1.64. The van der Waals surface area contributed by atoms with Crippen LogP contribution in [0.3, 0.4) is 0 Å². The van der Waals surface area contributed by atoms with Crippen LogP contribution < -0.4 is 14.9 Å². The van der Waals surface area contributed by atoms with Crippen molar-refractivity contribution in [2.45, 2.75) is 77.2 Å². The summed E-state index contributed by atoms with van der Waals surface area (Å²) in [5.74, 6) is 0.497. The average molecular weight is 427 g/mol. The molecule has 1 aliphatic carbocycles. The summed E-state index contributed by atoms with van der Waals surface area (Å²) in [6.45, 7) is 6.39. The van der Waals surface area contributed by atoms with E-state index in [4.69, 9.17) is 9.57 Å². The van der Waals surface area contributed by atoms with Gasteiger partial charge in [-0.2, -0.15) is 0 Å². The van der Waals surface area contributed by atoms with Crippen molar-refractivity contribution in [2.24, 2.45) is 5.92 Å². The molecule has 0 atom stereocenters. The summed E-state index contributed by atoms with van der Waals surface area (Å²) in [6.07, 6.45) is 4.68. The molecule has 1 aliphatic rings. The first-order valence-corrected chi connectivity index (χ1v) is 12.0. The molecule has 0 aliphatic heterocycles. The van der Waals surface area contributed by atoms with Crippen LogP contribution in [0, 0.1) is 5.92 Å². The van der Waals surface area contributed by atoms with Crippen molar-refractivity contribution < 1.29 is 22.8 Å². The van der Waals surface area contributed by atoms with E-state index in [0.29, 0.717) is 32.3 Å². The number of amides is 1. The highest BCUT2D eigenvalue weighted by Crippen LogP contribution is 2.25. The van der Waals surface area contributed by atoms with Gasteiger partial charge >= 0.3 is 0 Å². The summed E-state index contributed by atoms with van der Waals surface area (Å²) in [5, 5.41) is -0.451. The maximum absolute atomic E-state index is 12.3. The van der Waals surface area contributed by atoms with Crippen molar-refractivity contribution in [3.05, 3.63) is 29.8 Å². The fraction of sp³-hybridized carbons (Fsp3) is 0.667. The number of rotatable bonds is 11. The molecular weight excluding hydrogens is 392 g/mol. The Morgan fingerprint density at radius 1 is 1.21 bits per heavy atom. The fourth-order valence-electron chi connectivity index (χ4n) is 3.18. The van der Waals surface area contributed by atoms with Gasteiger partial charge in [0.1, 0.15) is 5.75 Å². The molecule has 0 unspecified atom stereocenters. The van der Waals surface area contributed by atoms with Crippen LogP contribution >= 0.6 is 0 Å². The van der Waals surface area contributed by atoms with Gasteiger partial charge in [0.25, 0.3) is 0 Å². The van der Waals surface area contributed by atoms with Crippen molar-refractivity contribution in [1.29, 1.82) is 0 Å². The summed E-state index contributed by atoms with van der Waals surface area (Å²) in [6, 6.07) is 7.55. The van der Waals surface area contributed by atoms with Gasteiger partial charge in [-0.15, -0.1) is 0 Å². The quantitative estimate of drug-likeness (QED) is 0.418. The lowest BCUT2D eigenvalue weighted by molar-refractivity contribution is -0.139. The van der Waals surface area contributed by atoms with E-state index in [-0.39, 0.29) is 24.5 Å². The predicted molar refractivity (Wildman–Crippen MR) is 113 cm³/mol. The Bertz CT molecular complexity index is 743. The largest absolute Gasteiger partial charge is 0.494 e. The van der Waals surface area contributed by atoms with Gasteiger partial charge in [0.15, 0.2) is 0 Å². The van der Waals surface area contributed by atoms with Gasteiger partial charge < -0.3 is 4.74 Å². The molecule has 2 rings (SSSR count). The van der Waals surface area contributed by atoms with Crippen molar-refractivity contribution >= 4 is 15.9 Å². The number of nitrogens with one attached hydrogen (secondary N) is 2. The molecule has 2 N–H and O–H groups in total. The van der Waals surface area contributed by atoms with Gasteiger partial charge in [0, 0.05) is 12.0 Å². The molecule has 1 aromatic carbocycles. The number of carbonyl (C=O) groups is 1. The minimum Gasteiger partial charge on any atom is -0.494 e. The molecule has 0 bridgehead atoms. The maximum atomic E-state index is 12.3. The van der Waals surface area contributed by atoms with Crippen LogP contribution in [-0.4, -0.2) is 32.2 Å². The van der Waals surface area contributed by atoms with E-state index < -0.39 is 15.3 Å². The normalized spacial score (nSPS) is 19.9. The predicted octanol–water partition coefficient (Wildman–Crippen LogP) is 3.30. The van der Waals surface area contributed by atoms with Crippen molar-refractivity contribution in [1.82, 2.24) is 10.2 Å². The highest BCUT2D eigenvalue weighted by atomic mass is 32.2. The molecule has 1 amide bonds. The Morgan fingerprint density at radius 2 is 1.93 bits per heavy atom. The number of benzene rings is 1. The van der Waals surface area contributed by atoms with Crippen molar-refractivity contribution in [3.63, 3.8) is 0 Å². The number of hydroxylamine groups is 1. The molecule has 1 fully saturated rings. The maximum Gasteiger partial charge on any atom is 0.246 e. The van der Waals surface area contributed by atoms with E-state index in [2.05, 4.69) is 17.1 Å². The standard InChI is InChI=1S/C21H34N2O5S/c1-4-5-13-27-20-8-6-7-17(14-20)15-28-22-21(24)18-9-11-19(12-10-18)23-29(25,26)16(2)3/h6-8,14,16,18-19,23H,4-5,9-13,15H2,1-3H3,(H,22,24). The summed E-state index contributed by atoms with van der Waals surface area (Å²) >= 11 is 0. The molecule has 164 valence electrons. The summed E-state index contributed by atoms with van der Waals surface area (Å²) in [5.41, 5.74) is 3.46. The van der Waals surface area contributed by atoms with Crippen LogP contribution in [-0.2, 0) is 26.3 Å². The molecule has 7 nitrogen and oxygen atoms in total. The van der Waals surface area contributed by atoms with E-state index in [1.54, 1.807) is 13.8 Å². The first-order valence-electron chi connectivity index (χ1n) is 10.5. The third kappa shape index (κ3) is 7.95. The van der Waals surface area contributed by atoms with Gasteiger partial charge in [-0.25, -0.2) is 18.6 Å². The second kappa shape index (κ2) is 11.5. The summed E-state index contributed by atoms with van der Waals surface area (Å²) in [4.78, 5) is 17.7. The Labute approximate surface area is 174 Å². The summed E-state index contributed by atoms with van der Waals surface area (Å²) < 4.78 is 32.4. The lowest BCUT2D eigenvalue weighted by atomic mass is 9.86. The van der Waals surface area contributed by atoms with Crippen LogP contribution in [0.4, 0.5) is 0 Å². The molecule has 0 saturated heterocycles. The average Bonchev–Trinajstić information content (AvgIpc) is 2.68. The third-order valence-electron chi connectivity index (χ3n) is 5.13. The third-order valence-corrected chi connectivity index (χ3v) is 7.03. The number of hydrogen-bond donors (Lipinski definition) is 2. The second-order valence-electron chi connectivity index (χ2n) is 7.86. The van der Waals surface area contributed by atoms with Gasteiger partial charge in [-0.3, -0.25) is 9.63 Å². The van der Waals surface area contributed by atoms with Crippen molar-refractivity contribution in [2.75, 3.05) is 6.61 Å². The fourth-order valence-corrected chi connectivity index (χ4v) is 4.15. The molecule has 0 aromatic heterocycles. The molecule has 0 spiro atoms. The Kier molecular flexibility index (Phi) is 9.39. The topological polar surface area (TPSA) is 93.7 Å². The molecule has 8 heteroatoms. The van der Waals surface area contributed by atoms with E-state index in [1.807, 2.05) is 24.3 Å². The Morgan fingerprint density at radius 3 is 2.59 bits per heavy atom. The Balaban J connectivity index is 1.71. The summed E-state index contributed by atoms with van der Waals surface area (Å²) in [7, 11) is -3.28. The van der Waals surface area contributed by atoms with Crippen molar-refractivity contribution in [3.8, 4) is 5.75 Å². The molecule has 1 aromatic rings. The zero-order valence-corrected chi connectivity index (χ0v) is 18.5. The van der Waals surface area contributed by atoms with E-state index in [0.717, 1.165) is 24.2 Å². The number of unbranched alkanes of at least 4 members (excludes halogenated alkanes) is 1. The number of ether oxygens (including phenoxy) is 1. The smallest absolute Gasteiger partial charge is 0.246 e. The molecule has 0 radical (unpaired) electrons. The van der Waals surface area contributed by atoms with Gasteiger partial charge in [-0.1, -0.05) is 25.5 Å². The van der Waals surface area contributed by atoms with Crippen LogP contribution in [0.1, 0.15) is 64.9 Å². The highest BCUT2D eigenvalue weighted by Gasteiger charge is 2.29. The number of hydrogen-bond acceptors (Lipinski definition) is 5. The second-order valence-corrected chi connectivity index (χ2v) is 10.1. The first kappa shape index (κ1) is 23.6. The van der Waals surface area contributed by atoms with Crippen LogP contribution in [0.2, 0.25) is 0 Å². The van der Waals surface area contributed by atoms with Gasteiger partial charge in [-0.05, 0) is 63.6 Å². The van der Waals surface area contributed by atoms with E-state index >= 15 is 0 Å². The van der Waals surface area contributed by atoms with Crippen LogP contribution in [0.5, 0.6) is 5.75 Å². The highest BCUT2D eigenvalue weighted by molar-refractivity contribution is 7.90. The van der Waals surface area contributed by atoms with Crippen LogP contribution in [0.15, 0.2) is 24.3 Å². The monoisotopic (exact) mass is 426 g/mol. The zero-order valence-electron chi connectivity index (χ0n) is 17.6. The molecular formula is C21H34N2O5S. The lowest BCUT2D eigenvalue weighted by Crippen LogP contribution is -2.43. The minimum absolute atomic E-state index is 0.0946. The van der Waals surface area contributed by atoms with E-state index in [9.17, 15) is 13.2 Å². The minimum atomic E-state index is -3.28. The zero-order chi connectivity index (χ0) is 21.3. The number of carbonyl (C=O) groups excluding carboxylic acids is 1. The molecule has 29 heavy (non-hydrogen) atoms. The van der Waals surface area contributed by atoms with Gasteiger partial charge in [0.05, 0.1) is 18.5 Å². The lowest BCUT2D eigenvalue weighted by Gasteiger charge is -2.28. The number of sulfonamides is 1. The molecule has 1 saturated carbocycles. The van der Waals surface area contributed by atoms with Gasteiger partial charge in [0.2, 0.25) is 15.9 Å².